The molecule has 0 saturated heterocycles. The molecule has 3 aromatic heterocycles. The minimum absolute atomic E-state index is 0.665. The highest BCUT2D eigenvalue weighted by Gasteiger charge is 2.19. The van der Waals surface area contributed by atoms with Crippen LogP contribution in [0.3, 0.4) is 0 Å². The third kappa shape index (κ3) is 3.85. The molecule has 0 aliphatic carbocycles. The minimum atomic E-state index is 0.665. The highest BCUT2D eigenvalue weighted by atomic mass is 35.5. The number of halogens is 1. The molecule has 2 aromatic carbocycles. The van der Waals surface area contributed by atoms with Crippen LogP contribution in [0.4, 0.5) is 0 Å². The second kappa shape index (κ2) is 8.68. The van der Waals surface area contributed by atoms with Gasteiger partial charge in [0.1, 0.15) is 11.4 Å². The van der Waals surface area contributed by atoms with Crippen molar-refractivity contribution in [2.45, 2.75) is 17.8 Å². The van der Waals surface area contributed by atoms with Crippen LogP contribution >= 0.6 is 23.4 Å². The Morgan fingerprint density at radius 1 is 1.00 bits per heavy atom. The molecule has 0 aliphatic rings. The fourth-order valence-corrected chi connectivity index (χ4v) is 4.56. The predicted molar refractivity (Wildman–Crippen MR) is 128 cm³/mol. The van der Waals surface area contributed by atoms with Gasteiger partial charge in [-0.1, -0.05) is 41.6 Å². The van der Waals surface area contributed by atoms with Gasteiger partial charge in [0.05, 0.1) is 18.4 Å². The number of rotatable bonds is 6. The summed E-state index contributed by atoms with van der Waals surface area (Å²) >= 11 is 7.72. The number of benzene rings is 2. The van der Waals surface area contributed by atoms with Crippen LogP contribution < -0.4 is 4.74 Å². The summed E-state index contributed by atoms with van der Waals surface area (Å²) in [5.41, 5.74) is 4.89. The lowest BCUT2D eigenvalue weighted by Crippen LogP contribution is -2.01. The summed E-state index contributed by atoms with van der Waals surface area (Å²) in [5.74, 6) is 2.11. The maximum absolute atomic E-state index is 6.13. The lowest BCUT2D eigenvalue weighted by Gasteiger charge is -2.12. The molecule has 0 N–H and O–H groups in total. The van der Waals surface area contributed by atoms with Crippen LogP contribution in [-0.2, 0) is 5.75 Å². The molecule has 0 saturated carbocycles. The molecule has 160 valence electrons. The first-order valence-corrected chi connectivity index (χ1v) is 11.4. The monoisotopic (exact) mass is 461 g/mol. The van der Waals surface area contributed by atoms with E-state index in [-0.39, 0.29) is 0 Å². The quantitative estimate of drug-likeness (QED) is 0.297. The van der Waals surface area contributed by atoms with Crippen molar-refractivity contribution in [3.05, 3.63) is 89.3 Å². The fraction of sp³-hybridized carbons (Fsp3) is 0.125. The molecule has 0 unspecified atom stereocenters. The van der Waals surface area contributed by atoms with Gasteiger partial charge in [-0.15, -0.1) is 10.2 Å². The number of nitrogens with zero attached hydrogens (tertiary/aromatic N) is 5. The maximum atomic E-state index is 6.13. The normalized spacial score (nSPS) is 11.2. The number of ether oxygens (including phenoxy) is 1. The third-order valence-electron chi connectivity index (χ3n) is 5.14. The fourth-order valence-electron chi connectivity index (χ4n) is 3.60. The molecule has 5 aromatic rings. The van der Waals surface area contributed by atoms with Gasteiger partial charge >= 0.3 is 0 Å². The molecular weight excluding hydrogens is 442 g/mol. The number of aryl methyl sites for hydroxylation is 1. The summed E-state index contributed by atoms with van der Waals surface area (Å²) < 4.78 is 9.65. The first-order chi connectivity index (χ1) is 15.6. The van der Waals surface area contributed by atoms with Crippen LogP contribution in [0.1, 0.15) is 11.3 Å². The average Bonchev–Trinajstić information content (AvgIpc) is 3.43. The van der Waals surface area contributed by atoms with E-state index in [0.29, 0.717) is 16.6 Å². The highest BCUT2D eigenvalue weighted by Crippen LogP contribution is 2.34. The Morgan fingerprint density at radius 2 is 1.81 bits per heavy atom. The molecular formula is C24H20ClN5OS. The number of fused-ring (bicyclic) bond motifs is 1. The largest absolute Gasteiger partial charge is 0.496 e. The number of hydrogen-bond acceptors (Lipinski definition) is 5. The van der Waals surface area contributed by atoms with Crippen LogP contribution in [0.15, 0.2) is 78.2 Å². The maximum Gasteiger partial charge on any atom is 0.196 e. The average molecular weight is 462 g/mol. The molecule has 0 radical (unpaired) electrons. The van der Waals surface area contributed by atoms with Crippen LogP contribution in [0.5, 0.6) is 5.75 Å². The highest BCUT2D eigenvalue weighted by molar-refractivity contribution is 7.98. The first kappa shape index (κ1) is 20.6. The van der Waals surface area contributed by atoms with Gasteiger partial charge in [0.15, 0.2) is 11.0 Å². The Bertz CT molecular complexity index is 1390. The van der Waals surface area contributed by atoms with Crippen LogP contribution in [-0.4, -0.2) is 31.3 Å². The van der Waals surface area contributed by atoms with Crippen LogP contribution in [0.25, 0.3) is 22.7 Å². The molecule has 0 aliphatic heterocycles. The topological polar surface area (TPSA) is 57.2 Å². The van der Waals surface area contributed by atoms with E-state index in [1.54, 1.807) is 18.9 Å². The Morgan fingerprint density at radius 3 is 2.59 bits per heavy atom. The molecule has 32 heavy (non-hydrogen) atoms. The standard InChI is InChI=1S/C24H20ClN5OS/c1-16-6-5-13-29-14-18(26-22(16)29)15-32-24-28-27-23(20-7-3-4-8-21(20)31-2)30(24)19-11-9-17(25)10-12-19/h3-14H,15H2,1-2H3. The smallest absolute Gasteiger partial charge is 0.196 e. The van der Waals surface area contributed by atoms with E-state index in [1.807, 2.05) is 65.4 Å². The Kier molecular flexibility index (Phi) is 5.59. The van der Waals surface area contributed by atoms with E-state index in [1.165, 1.54) is 0 Å². The van der Waals surface area contributed by atoms with Gasteiger partial charge in [0, 0.05) is 28.9 Å². The lowest BCUT2D eigenvalue weighted by molar-refractivity contribution is 0.416. The summed E-state index contributed by atoms with van der Waals surface area (Å²) in [6.45, 7) is 2.07. The molecule has 0 spiro atoms. The summed E-state index contributed by atoms with van der Waals surface area (Å²) in [7, 11) is 1.66. The van der Waals surface area contributed by atoms with E-state index < -0.39 is 0 Å². The van der Waals surface area contributed by atoms with Gasteiger partial charge in [0.2, 0.25) is 0 Å². The van der Waals surface area contributed by atoms with Crippen molar-refractivity contribution in [1.29, 1.82) is 0 Å². The van der Waals surface area contributed by atoms with Gasteiger partial charge in [-0.25, -0.2) is 4.98 Å². The van der Waals surface area contributed by atoms with Crippen molar-refractivity contribution >= 4 is 29.0 Å². The van der Waals surface area contributed by atoms with Crippen molar-refractivity contribution in [3.8, 4) is 22.8 Å². The molecule has 0 atom stereocenters. The van der Waals surface area contributed by atoms with E-state index in [9.17, 15) is 0 Å². The van der Waals surface area contributed by atoms with Gasteiger partial charge in [-0.3, -0.25) is 4.57 Å². The summed E-state index contributed by atoms with van der Waals surface area (Å²) in [4.78, 5) is 4.78. The molecule has 0 fully saturated rings. The van der Waals surface area contributed by atoms with Crippen molar-refractivity contribution in [3.63, 3.8) is 0 Å². The van der Waals surface area contributed by atoms with Crippen molar-refractivity contribution in [2.75, 3.05) is 7.11 Å². The van der Waals surface area contributed by atoms with Gasteiger partial charge in [-0.2, -0.15) is 0 Å². The zero-order valence-corrected chi connectivity index (χ0v) is 19.1. The third-order valence-corrected chi connectivity index (χ3v) is 6.36. The number of methoxy groups -OCH3 is 1. The van der Waals surface area contributed by atoms with Gasteiger partial charge in [0.25, 0.3) is 0 Å². The second-order valence-corrected chi connectivity index (χ2v) is 8.64. The number of aromatic nitrogens is 5. The zero-order valence-electron chi connectivity index (χ0n) is 17.6. The Balaban J connectivity index is 1.55. The first-order valence-electron chi connectivity index (χ1n) is 10.0. The molecule has 6 nitrogen and oxygen atoms in total. The van der Waals surface area contributed by atoms with Crippen molar-refractivity contribution in [1.82, 2.24) is 24.1 Å². The zero-order chi connectivity index (χ0) is 22.1. The lowest BCUT2D eigenvalue weighted by atomic mass is 10.2. The number of imidazole rings is 1. The van der Waals surface area contributed by atoms with Crippen molar-refractivity contribution in [2.24, 2.45) is 0 Å². The molecule has 0 amide bonds. The number of hydrogen-bond donors (Lipinski definition) is 0. The predicted octanol–water partition coefficient (Wildman–Crippen LogP) is 5.84. The number of para-hydroxylation sites is 1. The van der Waals surface area contributed by atoms with Crippen LogP contribution in [0.2, 0.25) is 5.02 Å². The van der Waals surface area contributed by atoms with E-state index in [2.05, 4.69) is 33.8 Å². The van der Waals surface area contributed by atoms with Crippen molar-refractivity contribution < 1.29 is 4.74 Å². The van der Waals surface area contributed by atoms with Gasteiger partial charge < -0.3 is 9.14 Å². The number of thioether (sulfide) groups is 1. The molecule has 3 heterocycles. The van der Waals surface area contributed by atoms with Crippen LogP contribution in [0, 0.1) is 6.92 Å². The minimum Gasteiger partial charge on any atom is -0.496 e. The molecule has 0 bridgehead atoms. The summed E-state index contributed by atoms with van der Waals surface area (Å²) in [5, 5.41) is 10.5. The second-order valence-electron chi connectivity index (χ2n) is 7.26. The Hall–Kier alpha value is -3.29. The SMILES string of the molecule is COc1ccccc1-c1nnc(SCc2cn3cccc(C)c3n2)n1-c1ccc(Cl)cc1. The number of pyridine rings is 1. The van der Waals surface area contributed by atoms with E-state index in [4.69, 9.17) is 21.3 Å². The van der Waals surface area contributed by atoms with Gasteiger partial charge in [-0.05, 0) is 55.0 Å². The van der Waals surface area contributed by atoms with E-state index >= 15 is 0 Å². The Labute approximate surface area is 194 Å². The summed E-state index contributed by atoms with van der Waals surface area (Å²) in [6, 6.07) is 19.5. The molecule has 5 rings (SSSR count). The summed E-state index contributed by atoms with van der Waals surface area (Å²) in [6.07, 6.45) is 4.07. The molecule has 8 heteroatoms. The van der Waals surface area contributed by atoms with E-state index in [0.717, 1.165) is 39.1 Å².